The van der Waals surface area contributed by atoms with Crippen molar-refractivity contribution in [3.8, 4) is 0 Å². The van der Waals surface area contributed by atoms with E-state index in [1.54, 1.807) is 12.4 Å². The summed E-state index contributed by atoms with van der Waals surface area (Å²) in [5.41, 5.74) is 3.85. The molecule has 3 aromatic rings. The molecule has 1 aromatic carbocycles. The SMILES string of the molecule is C(Cc1ccccn1)=Nc1ccc(N=CCc2ccccn2)cc1.Cl.Cl.Cl.Cl.[Ni].[Ni]. The van der Waals surface area contributed by atoms with Crippen LogP contribution in [0, 0.1) is 0 Å². The monoisotopic (exact) mass is 574 g/mol. The molecule has 0 unspecified atom stereocenters. The van der Waals surface area contributed by atoms with E-state index in [1.807, 2.05) is 73.1 Å². The molecule has 0 radical (unpaired) electrons. The Kier molecular flexibility index (Phi) is 25.8. The fourth-order valence-electron chi connectivity index (χ4n) is 2.15. The Morgan fingerprint density at radius 3 is 1.23 bits per heavy atom. The largest absolute Gasteiger partial charge is 0.261 e. The molecule has 0 amide bonds. The first-order valence-electron chi connectivity index (χ1n) is 7.85. The van der Waals surface area contributed by atoms with Gasteiger partial charge < -0.3 is 0 Å². The Hall–Kier alpha value is -0.993. The van der Waals surface area contributed by atoms with E-state index in [2.05, 4.69) is 20.0 Å². The molecule has 3 rings (SSSR count). The molecule has 2 heterocycles. The van der Waals surface area contributed by atoms with Crippen molar-refractivity contribution < 1.29 is 33.0 Å². The number of benzene rings is 1. The molecule has 0 bridgehead atoms. The summed E-state index contributed by atoms with van der Waals surface area (Å²) in [5.74, 6) is 0. The van der Waals surface area contributed by atoms with Crippen LogP contribution in [-0.4, -0.2) is 22.4 Å². The van der Waals surface area contributed by atoms with Gasteiger partial charge in [0.05, 0.1) is 11.4 Å². The zero-order chi connectivity index (χ0) is 16.5. The van der Waals surface area contributed by atoms with Crippen LogP contribution in [0.3, 0.4) is 0 Å². The van der Waals surface area contributed by atoms with Gasteiger partial charge in [0.1, 0.15) is 0 Å². The molecule has 170 valence electrons. The van der Waals surface area contributed by atoms with Crippen molar-refractivity contribution in [1.29, 1.82) is 0 Å². The first kappa shape index (κ1) is 36.4. The second-order valence-electron chi connectivity index (χ2n) is 5.19. The molecule has 10 heteroatoms. The van der Waals surface area contributed by atoms with Gasteiger partial charge in [0.15, 0.2) is 0 Å². The average Bonchev–Trinajstić information content (AvgIpc) is 2.65. The van der Waals surface area contributed by atoms with E-state index in [-0.39, 0.29) is 82.6 Å². The zero-order valence-corrected chi connectivity index (χ0v) is 20.8. The first-order chi connectivity index (χ1) is 11.9. The molecule has 0 fully saturated rings. The number of nitrogens with zero attached hydrogens (tertiary/aromatic N) is 4. The van der Waals surface area contributed by atoms with Crippen molar-refractivity contribution in [3.05, 3.63) is 84.4 Å². The second kappa shape index (κ2) is 21.2. The summed E-state index contributed by atoms with van der Waals surface area (Å²) in [6, 6.07) is 19.6. The number of aliphatic imine (C=N–C) groups is 2. The van der Waals surface area contributed by atoms with E-state index in [1.165, 1.54) is 0 Å². The molecule has 0 saturated carbocycles. The number of aromatic nitrogens is 2. The van der Waals surface area contributed by atoms with Gasteiger partial charge in [0.25, 0.3) is 0 Å². The fraction of sp³-hybridized carbons (Fsp3) is 0.100. The van der Waals surface area contributed by atoms with Crippen LogP contribution in [0.2, 0.25) is 0 Å². The van der Waals surface area contributed by atoms with Crippen molar-refractivity contribution in [3.63, 3.8) is 0 Å². The normalized spacial score (nSPS) is 9.07. The molecular weight excluding hydrogens is 555 g/mol. The van der Waals surface area contributed by atoms with Crippen LogP contribution < -0.4 is 0 Å². The number of hydrogen-bond donors (Lipinski definition) is 0. The van der Waals surface area contributed by atoms with Crippen LogP contribution in [0.15, 0.2) is 83.0 Å². The molecule has 0 saturated heterocycles. The molecule has 4 nitrogen and oxygen atoms in total. The Balaban J connectivity index is -0.000000563. The minimum Gasteiger partial charge on any atom is -0.261 e. The van der Waals surface area contributed by atoms with Gasteiger partial charge in [-0.2, -0.15) is 0 Å². The summed E-state index contributed by atoms with van der Waals surface area (Å²) in [7, 11) is 0. The summed E-state index contributed by atoms with van der Waals surface area (Å²) >= 11 is 0. The molecule has 0 aliphatic heterocycles. The van der Waals surface area contributed by atoms with Crippen LogP contribution in [0.5, 0.6) is 0 Å². The van der Waals surface area contributed by atoms with Gasteiger partial charge in [0.2, 0.25) is 0 Å². The predicted molar refractivity (Wildman–Crippen MR) is 128 cm³/mol. The summed E-state index contributed by atoms with van der Waals surface area (Å²) in [5, 5.41) is 0. The maximum absolute atomic E-state index is 4.44. The van der Waals surface area contributed by atoms with Gasteiger partial charge in [-0.1, -0.05) is 12.1 Å². The van der Waals surface area contributed by atoms with Crippen molar-refractivity contribution in [2.45, 2.75) is 12.8 Å². The van der Waals surface area contributed by atoms with Gasteiger partial charge in [0, 0.05) is 82.0 Å². The van der Waals surface area contributed by atoms with Crippen LogP contribution >= 0.6 is 49.6 Å². The molecular formula is C20H22Cl4N4Ni2. The molecule has 0 aliphatic rings. The maximum Gasteiger partial charge on any atom is 0.0627 e. The average molecular weight is 578 g/mol. The van der Waals surface area contributed by atoms with Gasteiger partial charge in [-0.3, -0.25) is 20.0 Å². The van der Waals surface area contributed by atoms with Crippen molar-refractivity contribution in [1.82, 2.24) is 9.97 Å². The third kappa shape index (κ3) is 13.3. The number of rotatable bonds is 6. The first-order valence-corrected chi connectivity index (χ1v) is 7.85. The number of halogens is 4. The van der Waals surface area contributed by atoms with Gasteiger partial charge in [-0.05, 0) is 48.5 Å². The number of pyridine rings is 2. The molecule has 0 spiro atoms. The zero-order valence-electron chi connectivity index (χ0n) is 15.6. The maximum atomic E-state index is 4.44. The third-order valence-corrected chi connectivity index (χ3v) is 3.38. The molecule has 30 heavy (non-hydrogen) atoms. The van der Waals surface area contributed by atoms with E-state index >= 15 is 0 Å². The standard InChI is InChI=1S/C20H18N4.4ClH.2Ni/c1-3-13-21-17(5-1)11-15-23-19-7-9-20(10-8-19)24-16-12-18-6-2-4-14-22-18;;;;;;/h1-10,13-16H,11-12H2;4*1H;;. The van der Waals surface area contributed by atoms with E-state index in [4.69, 9.17) is 0 Å². The molecule has 0 atom stereocenters. The third-order valence-electron chi connectivity index (χ3n) is 3.38. The Morgan fingerprint density at radius 2 is 0.933 bits per heavy atom. The van der Waals surface area contributed by atoms with Crippen LogP contribution in [0.1, 0.15) is 11.4 Å². The predicted octanol–water partition coefficient (Wildman–Crippen LogP) is 6.05. The van der Waals surface area contributed by atoms with Gasteiger partial charge in [-0.15, -0.1) is 49.6 Å². The summed E-state index contributed by atoms with van der Waals surface area (Å²) in [4.78, 5) is 17.4. The minimum absolute atomic E-state index is 0. The Morgan fingerprint density at radius 1 is 0.567 bits per heavy atom. The topological polar surface area (TPSA) is 50.5 Å². The Bertz CT molecular complexity index is 751. The van der Waals surface area contributed by atoms with Crippen LogP contribution in [0.4, 0.5) is 11.4 Å². The molecule has 2 aromatic heterocycles. The minimum atomic E-state index is 0. The van der Waals surface area contributed by atoms with E-state index in [0.717, 1.165) is 35.6 Å². The van der Waals surface area contributed by atoms with Crippen LogP contribution in [-0.2, 0) is 45.8 Å². The van der Waals surface area contributed by atoms with E-state index in [0.29, 0.717) is 0 Å². The van der Waals surface area contributed by atoms with Crippen LogP contribution in [0.25, 0.3) is 0 Å². The summed E-state index contributed by atoms with van der Waals surface area (Å²) in [6.45, 7) is 0. The van der Waals surface area contributed by atoms with E-state index < -0.39 is 0 Å². The van der Waals surface area contributed by atoms with Crippen molar-refractivity contribution >= 4 is 73.4 Å². The smallest absolute Gasteiger partial charge is 0.0627 e. The molecule has 0 aliphatic carbocycles. The molecule has 0 N–H and O–H groups in total. The summed E-state index contributed by atoms with van der Waals surface area (Å²) in [6.07, 6.45) is 8.79. The second-order valence-corrected chi connectivity index (χ2v) is 5.19. The Labute approximate surface area is 222 Å². The van der Waals surface area contributed by atoms with Gasteiger partial charge in [-0.25, -0.2) is 0 Å². The van der Waals surface area contributed by atoms with Crippen molar-refractivity contribution in [2.75, 3.05) is 0 Å². The fourth-order valence-corrected chi connectivity index (χ4v) is 2.15. The number of hydrogen-bond acceptors (Lipinski definition) is 4. The van der Waals surface area contributed by atoms with Crippen molar-refractivity contribution in [2.24, 2.45) is 9.98 Å². The summed E-state index contributed by atoms with van der Waals surface area (Å²) < 4.78 is 0. The quantitative estimate of drug-likeness (QED) is 0.265. The van der Waals surface area contributed by atoms with Gasteiger partial charge >= 0.3 is 0 Å². The van der Waals surface area contributed by atoms with E-state index in [9.17, 15) is 0 Å².